The van der Waals surface area contributed by atoms with Gasteiger partial charge >= 0.3 is 11.8 Å². The summed E-state index contributed by atoms with van der Waals surface area (Å²) in [4.78, 5) is 23.0. The molecule has 0 aromatic heterocycles. The van der Waals surface area contributed by atoms with Crippen LogP contribution in [0.4, 0.5) is 4.39 Å². The van der Waals surface area contributed by atoms with Gasteiger partial charge in [0, 0.05) is 11.6 Å². The van der Waals surface area contributed by atoms with Gasteiger partial charge in [-0.05, 0) is 65.7 Å². The molecule has 6 nitrogen and oxygen atoms in total. The van der Waals surface area contributed by atoms with E-state index in [0.717, 1.165) is 0 Å². The van der Waals surface area contributed by atoms with Gasteiger partial charge in [0.25, 0.3) is 0 Å². The third-order valence-corrected chi connectivity index (χ3v) is 4.37. The summed E-state index contributed by atoms with van der Waals surface area (Å²) in [6.45, 7) is 3.46. The molecule has 2 N–H and O–H groups in total. The highest BCUT2D eigenvalue weighted by atomic mass is 79.9. The fourth-order valence-electron chi connectivity index (χ4n) is 2.08. The van der Waals surface area contributed by atoms with E-state index < -0.39 is 17.6 Å². The number of rotatable bonds is 6. The number of benzene rings is 2. The van der Waals surface area contributed by atoms with Crippen LogP contribution in [0.1, 0.15) is 25.0 Å². The van der Waals surface area contributed by atoms with Gasteiger partial charge < -0.3 is 10.1 Å². The van der Waals surface area contributed by atoms with Crippen molar-refractivity contribution in [1.29, 1.82) is 0 Å². The summed E-state index contributed by atoms with van der Waals surface area (Å²) in [7, 11) is 0. The number of amides is 2. The van der Waals surface area contributed by atoms with E-state index >= 15 is 0 Å². The van der Waals surface area contributed by atoms with Gasteiger partial charge in [-0.3, -0.25) is 9.59 Å². The van der Waals surface area contributed by atoms with Crippen molar-refractivity contribution in [2.75, 3.05) is 0 Å². The molecular weight excluding hydrogens is 453 g/mol. The molecule has 0 aliphatic heterocycles. The summed E-state index contributed by atoms with van der Waals surface area (Å²) in [6.07, 6.45) is 1.38. The molecule has 0 heterocycles. The van der Waals surface area contributed by atoms with Gasteiger partial charge in [-0.25, -0.2) is 9.82 Å². The summed E-state index contributed by atoms with van der Waals surface area (Å²) >= 11 is 9.35. The Hall–Kier alpha value is -2.45. The molecular formula is C19H18BrClFN3O3. The first-order valence-electron chi connectivity index (χ1n) is 8.27. The minimum absolute atomic E-state index is 0.0292. The molecule has 9 heteroatoms. The Morgan fingerprint density at radius 1 is 1.29 bits per heavy atom. The third kappa shape index (κ3) is 6.31. The number of hydrogen-bond acceptors (Lipinski definition) is 4. The van der Waals surface area contributed by atoms with Crippen LogP contribution >= 0.6 is 27.5 Å². The van der Waals surface area contributed by atoms with E-state index in [1.165, 1.54) is 18.3 Å². The monoisotopic (exact) mass is 469 g/mol. The van der Waals surface area contributed by atoms with E-state index in [1.807, 2.05) is 0 Å². The van der Waals surface area contributed by atoms with Crippen LogP contribution in [0, 0.1) is 5.82 Å². The highest BCUT2D eigenvalue weighted by molar-refractivity contribution is 9.10. The topological polar surface area (TPSA) is 79.8 Å². The molecule has 0 radical (unpaired) electrons. The van der Waals surface area contributed by atoms with Gasteiger partial charge in [0.2, 0.25) is 0 Å². The molecule has 2 amide bonds. The second-order valence-corrected chi connectivity index (χ2v) is 7.27. The second-order valence-electron chi connectivity index (χ2n) is 6.01. The minimum atomic E-state index is -0.856. The third-order valence-electron chi connectivity index (χ3n) is 3.40. The summed E-state index contributed by atoms with van der Waals surface area (Å²) < 4.78 is 20.0. The molecule has 2 rings (SSSR count). The van der Waals surface area contributed by atoms with Gasteiger partial charge in [-0.2, -0.15) is 5.10 Å². The number of carbonyl (C=O) groups is 2. The lowest BCUT2D eigenvalue weighted by Gasteiger charge is -2.10. The number of ether oxygens (including phenoxy) is 1. The molecule has 0 aliphatic rings. The lowest BCUT2D eigenvalue weighted by atomic mass is 10.2. The maximum Gasteiger partial charge on any atom is 0.329 e. The fraction of sp³-hybridized carbons (Fsp3) is 0.211. The first kappa shape index (κ1) is 21.8. The van der Waals surface area contributed by atoms with Gasteiger partial charge in [0.05, 0.1) is 15.7 Å². The summed E-state index contributed by atoms with van der Waals surface area (Å²) in [5.41, 5.74) is 3.06. The average molecular weight is 471 g/mol. The van der Waals surface area contributed by atoms with Crippen LogP contribution in [-0.2, 0) is 16.2 Å². The van der Waals surface area contributed by atoms with Gasteiger partial charge in [-0.15, -0.1) is 0 Å². The second kappa shape index (κ2) is 10.2. The molecule has 0 saturated carbocycles. The summed E-state index contributed by atoms with van der Waals surface area (Å²) in [5.74, 6) is -1.57. The molecule has 0 fully saturated rings. The number of nitrogens with zero attached hydrogens (tertiary/aromatic N) is 1. The van der Waals surface area contributed by atoms with Crippen molar-refractivity contribution >= 4 is 45.6 Å². The Labute approximate surface area is 175 Å². The molecule has 0 atom stereocenters. The normalized spacial score (nSPS) is 10.9. The molecule has 2 aromatic rings. The number of nitrogens with one attached hydrogen (secondary N) is 2. The highest BCUT2D eigenvalue weighted by Gasteiger charge is 2.13. The number of hydrogen-bond donors (Lipinski definition) is 2. The quantitative estimate of drug-likeness (QED) is 0.383. The Bertz CT molecular complexity index is 886. The average Bonchev–Trinajstić information content (AvgIpc) is 2.62. The van der Waals surface area contributed by atoms with E-state index in [0.29, 0.717) is 15.8 Å². The summed E-state index contributed by atoms with van der Waals surface area (Å²) in [6, 6.07) is 9.33. The Kier molecular flexibility index (Phi) is 7.95. The molecule has 148 valence electrons. The van der Waals surface area contributed by atoms with E-state index in [1.54, 1.807) is 38.1 Å². The first-order valence-corrected chi connectivity index (χ1v) is 9.44. The zero-order valence-electron chi connectivity index (χ0n) is 15.1. The molecule has 0 aliphatic carbocycles. The predicted molar refractivity (Wildman–Crippen MR) is 109 cm³/mol. The van der Waals surface area contributed by atoms with Crippen LogP contribution in [0.5, 0.6) is 5.75 Å². The zero-order valence-corrected chi connectivity index (χ0v) is 17.5. The molecule has 2 aromatic carbocycles. The Morgan fingerprint density at radius 3 is 2.68 bits per heavy atom. The predicted octanol–water partition coefficient (Wildman–Crippen LogP) is 3.80. The Balaban J connectivity index is 1.96. The van der Waals surface area contributed by atoms with E-state index in [2.05, 4.69) is 31.8 Å². The largest absolute Gasteiger partial charge is 0.488 e. The lowest BCUT2D eigenvalue weighted by Crippen LogP contribution is -2.41. The smallest absolute Gasteiger partial charge is 0.329 e. The van der Waals surface area contributed by atoms with Gasteiger partial charge in [0.15, 0.2) is 0 Å². The van der Waals surface area contributed by atoms with E-state index in [-0.39, 0.29) is 23.2 Å². The van der Waals surface area contributed by atoms with Crippen molar-refractivity contribution in [3.05, 3.63) is 62.8 Å². The van der Waals surface area contributed by atoms with Gasteiger partial charge in [-0.1, -0.05) is 17.7 Å². The van der Waals surface area contributed by atoms with Crippen LogP contribution in [0.15, 0.2) is 46.0 Å². The van der Waals surface area contributed by atoms with Crippen LogP contribution in [-0.4, -0.2) is 24.1 Å². The van der Waals surface area contributed by atoms with Crippen LogP contribution < -0.4 is 15.5 Å². The Morgan fingerprint density at radius 2 is 2.04 bits per heavy atom. The molecule has 28 heavy (non-hydrogen) atoms. The van der Waals surface area contributed by atoms with Crippen molar-refractivity contribution in [2.24, 2.45) is 5.10 Å². The fourth-order valence-corrected chi connectivity index (χ4v) is 2.81. The van der Waals surface area contributed by atoms with Crippen molar-refractivity contribution < 1.29 is 18.7 Å². The number of hydrazone groups is 1. The van der Waals surface area contributed by atoms with Crippen molar-refractivity contribution in [3.8, 4) is 5.75 Å². The molecule has 0 spiro atoms. The lowest BCUT2D eigenvalue weighted by molar-refractivity contribution is -0.139. The van der Waals surface area contributed by atoms with E-state index in [9.17, 15) is 14.0 Å². The zero-order chi connectivity index (χ0) is 20.7. The summed E-state index contributed by atoms with van der Waals surface area (Å²) in [5, 5.41) is 6.49. The maximum absolute atomic E-state index is 13.8. The number of halogens is 3. The number of carbonyl (C=O) groups excluding carboxylic acids is 2. The molecule has 0 saturated heterocycles. The van der Waals surface area contributed by atoms with Crippen molar-refractivity contribution in [2.45, 2.75) is 26.5 Å². The van der Waals surface area contributed by atoms with Crippen LogP contribution in [0.2, 0.25) is 5.02 Å². The van der Waals surface area contributed by atoms with Crippen molar-refractivity contribution in [1.82, 2.24) is 10.7 Å². The van der Waals surface area contributed by atoms with E-state index in [4.69, 9.17) is 16.3 Å². The maximum atomic E-state index is 13.8. The van der Waals surface area contributed by atoms with Gasteiger partial charge in [0.1, 0.15) is 18.2 Å². The SMILES string of the molecule is CC(C)NC(=O)C(=O)N/N=C\c1ccc(OCc2c(F)cccc2Cl)c(Br)c1. The standard InChI is InChI=1S/C19H18BrClFN3O3/c1-11(2)24-18(26)19(27)25-23-9-12-6-7-17(14(20)8-12)28-10-13-15(21)4-3-5-16(13)22/h3-9,11H,10H2,1-2H3,(H,24,26)(H,25,27)/b23-9-. The van der Waals surface area contributed by atoms with Crippen molar-refractivity contribution in [3.63, 3.8) is 0 Å². The highest BCUT2D eigenvalue weighted by Crippen LogP contribution is 2.28. The first-order chi connectivity index (χ1) is 13.3. The molecule has 0 bridgehead atoms. The minimum Gasteiger partial charge on any atom is -0.488 e. The van der Waals surface area contributed by atoms with Crippen LogP contribution in [0.25, 0.3) is 0 Å². The van der Waals surface area contributed by atoms with Crippen LogP contribution in [0.3, 0.4) is 0 Å². The molecule has 0 unspecified atom stereocenters.